The van der Waals surface area contributed by atoms with E-state index in [4.69, 9.17) is 5.21 Å². The Balaban J connectivity index is 1.94. The molecule has 2 aromatic heterocycles. The number of aryl methyl sites for hydroxylation is 1. The van der Waals surface area contributed by atoms with Crippen molar-refractivity contribution < 1.29 is 14.8 Å². The molecule has 2 heterocycles. The Labute approximate surface area is 153 Å². The molecule has 1 atom stereocenters. The van der Waals surface area contributed by atoms with E-state index in [1.165, 1.54) is 28.0 Å². The first-order chi connectivity index (χ1) is 11.4. The summed E-state index contributed by atoms with van der Waals surface area (Å²) >= 11 is 4.50. The first kappa shape index (κ1) is 19.0. The summed E-state index contributed by atoms with van der Waals surface area (Å²) in [5.41, 5.74) is 1.68. The molecule has 0 aromatic carbocycles. The summed E-state index contributed by atoms with van der Waals surface area (Å²) in [6.45, 7) is 4.15. The van der Waals surface area contributed by atoms with Crippen LogP contribution in [0.4, 0.5) is 0 Å². The van der Waals surface area contributed by atoms with Crippen LogP contribution in [0.25, 0.3) is 9.75 Å². The number of thioether (sulfide) groups is 1. The average molecular weight is 385 g/mol. The fraction of sp³-hybridized carbons (Fsp3) is 0.375. The Kier molecular flexibility index (Phi) is 6.45. The van der Waals surface area contributed by atoms with Crippen molar-refractivity contribution in [1.29, 1.82) is 0 Å². The molecule has 24 heavy (non-hydrogen) atoms. The molecule has 0 radical (unpaired) electrons. The highest BCUT2D eigenvalue weighted by Crippen LogP contribution is 2.33. The van der Waals surface area contributed by atoms with Crippen LogP contribution in [-0.4, -0.2) is 34.6 Å². The van der Waals surface area contributed by atoms with Gasteiger partial charge >= 0.3 is 0 Å². The van der Waals surface area contributed by atoms with Gasteiger partial charge in [-0.05, 0) is 50.8 Å². The predicted molar refractivity (Wildman–Crippen MR) is 101 cm³/mol. The number of amides is 2. The molecule has 0 aliphatic heterocycles. The van der Waals surface area contributed by atoms with Crippen molar-refractivity contribution in [3.63, 3.8) is 0 Å². The molecule has 0 spiro atoms. The molecule has 0 fully saturated rings. The summed E-state index contributed by atoms with van der Waals surface area (Å²) in [5, 5.41) is 11.6. The smallest absolute Gasteiger partial charge is 0.261 e. The van der Waals surface area contributed by atoms with Gasteiger partial charge in [-0.15, -0.1) is 34.4 Å². The molecular formula is C16H20N2O3S3. The minimum absolute atomic E-state index is 0.146. The van der Waals surface area contributed by atoms with E-state index in [0.29, 0.717) is 17.8 Å². The highest BCUT2D eigenvalue weighted by atomic mass is 32.2. The van der Waals surface area contributed by atoms with Gasteiger partial charge in [0.05, 0.1) is 9.62 Å². The van der Waals surface area contributed by atoms with Crippen LogP contribution in [0.15, 0.2) is 24.3 Å². The molecule has 2 rings (SSSR count). The molecule has 2 amide bonds. The van der Waals surface area contributed by atoms with Gasteiger partial charge in [-0.25, -0.2) is 5.48 Å². The molecule has 0 saturated carbocycles. The van der Waals surface area contributed by atoms with Crippen molar-refractivity contribution >= 4 is 46.2 Å². The molecular weight excluding hydrogens is 364 g/mol. The first-order valence-electron chi connectivity index (χ1n) is 7.34. The summed E-state index contributed by atoms with van der Waals surface area (Å²) in [7, 11) is 0. The van der Waals surface area contributed by atoms with Crippen molar-refractivity contribution in [1.82, 2.24) is 10.8 Å². The van der Waals surface area contributed by atoms with E-state index in [9.17, 15) is 9.59 Å². The van der Waals surface area contributed by atoms with E-state index >= 15 is 0 Å². The van der Waals surface area contributed by atoms with E-state index in [1.807, 2.05) is 12.1 Å². The van der Waals surface area contributed by atoms with Gasteiger partial charge in [0, 0.05) is 21.2 Å². The summed E-state index contributed by atoms with van der Waals surface area (Å²) in [6, 6.07) is 7.90. The van der Waals surface area contributed by atoms with Crippen molar-refractivity contribution in [2.45, 2.75) is 25.0 Å². The fourth-order valence-corrected chi connectivity index (χ4v) is 4.51. The van der Waals surface area contributed by atoms with Gasteiger partial charge < -0.3 is 5.32 Å². The Morgan fingerprint density at radius 2 is 1.88 bits per heavy atom. The number of hydrogen-bond donors (Lipinski definition) is 3. The van der Waals surface area contributed by atoms with Crippen LogP contribution in [0.3, 0.4) is 0 Å². The van der Waals surface area contributed by atoms with Crippen molar-refractivity contribution in [2.24, 2.45) is 0 Å². The summed E-state index contributed by atoms with van der Waals surface area (Å²) in [4.78, 5) is 28.1. The minimum atomic E-state index is -0.781. The monoisotopic (exact) mass is 384 g/mol. The summed E-state index contributed by atoms with van der Waals surface area (Å²) < 4.78 is -0.781. The third kappa shape index (κ3) is 4.38. The molecule has 5 nitrogen and oxygen atoms in total. The molecule has 1 unspecified atom stereocenters. The van der Waals surface area contributed by atoms with E-state index < -0.39 is 10.7 Å². The van der Waals surface area contributed by atoms with Gasteiger partial charge in [-0.2, -0.15) is 0 Å². The van der Waals surface area contributed by atoms with Gasteiger partial charge in [0.1, 0.15) is 0 Å². The lowest BCUT2D eigenvalue weighted by atomic mass is 10.1. The zero-order valence-electron chi connectivity index (χ0n) is 13.7. The Bertz CT molecular complexity index is 726. The van der Waals surface area contributed by atoms with Crippen LogP contribution >= 0.6 is 34.4 Å². The number of thiophene rings is 2. The topological polar surface area (TPSA) is 78.4 Å². The van der Waals surface area contributed by atoms with E-state index in [-0.39, 0.29) is 5.91 Å². The van der Waals surface area contributed by atoms with Gasteiger partial charge in [0.2, 0.25) is 0 Å². The quantitative estimate of drug-likeness (QED) is 0.504. The number of hydroxylamine groups is 1. The highest BCUT2D eigenvalue weighted by Gasteiger charge is 2.31. The maximum Gasteiger partial charge on any atom is 0.261 e. The van der Waals surface area contributed by atoms with Crippen molar-refractivity contribution in [3.8, 4) is 9.75 Å². The number of hydrogen-bond acceptors (Lipinski definition) is 6. The average Bonchev–Trinajstić information content (AvgIpc) is 3.22. The highest BCUT2D eigenvalue weighted by molar-refractivity contribution is 8.00. The zero-order valence-corrected chi connectivity index (χ0v) is 16.2. The second-order valence-electron chi connectivity index (χ2n) is 5.46. The first-order valence-corrected chi connectivity index (χ1v) is 10.2. The van der Waals surface area contributed by atoms with E-state index in [1.54, 1.807) is 30.0 Å². The summed E-state index contributed by atoms with van der Waals surface area (Å²) in [6.07, 6.45) is 2.22. The van der Waals surface area contributed by atoms with Crippen LogP contribution in [0.1, 0.15) is 27.9 Å². The molecule has 8 heteroatoms. The van der Waals surface area contributed by atoms with Gasteiger partial charge in [-0.3, -0.25) is 14.8 Å². The van der Waals surface area contributed by atoms with E-state index in [0.717, 1.165) is 9.75 Å². The SMILES string of the molecule is CSC(C)(CCNC(=O)c1ccc(-c2ccc(C)s2)s1)C(=O)NO. The van der Waals surface area contributed by atoms with Gasteiger partial charge in [0.25, 0.3) is 11.8 Å². The Hall–Kier alpha value is -1.35. The lowest BCUT2D eigenvalue weighted by Crippen LogP contribution is -2.42. The fourth-order valence-electron chi connectivity index (χ4n) is 2.09. The van der Waals surface area contributed by atoms with Crippen LogP contribution < -0.4 is 10.8 Å². The molecule has 0 aliphatic carbocycles. The molecule has 130 valence electrons. The molecule has 2 aromatic rings. The van der Waals surface area contributed by atoms with E-state index in [2.05, 4.69) is 24.4 Å². The maximum absolute atomic E-state index is 12.3. The van der Waals surface area contributed by atoms with Crippen LogP contribution in [0, 0.1) is 6.92 Å². The molecule has 0 bridgehead atoms. The summed E-state index contributed by atoms with van der Waals surface area (Å²) in [5.74, 6) is -0.608. The molecule has 0 saturated heterocycles. The second kappa shape index (κ2) is 8.15. The lowest BCUT2D eigenvalue weighted by Gasteiger charge is -2.24. The third-order valence-electron chi connectivity index (χ3n) is 3.73. The zero-order chi connectivity index (χ0) is 17.7. The number of carbonyl (C=O) groups is 2. The number of carbonyl (C=O) groups excluding carboxylic acids is 2. The van der Waals surface area contributed by atoms with Gasteiger partial charge in [0.15, 0.2) is 0 Å². The van der Waals surface area contributed by atoms with Crippen LogP contribution in [-0.2, 0) is 4.79 Å². The van der Waals surface area contributed by atoms with Crippen LogP contribution in [0.2, 0.25) is 0 Å². The normalized spacial score (nSPS) is 13.3. The standard InChI is InChI=1S/C16H20N2O3S3/c1-10-4-5-11(23-10)12-6-7-13(24-12)14(19)17-9-8-16(2,22-3)15(20)18-21/h4-7,21H,8-9H2,1-3H3,(H,17,19)(H,18,20). The largest absolute Gasteiger partial charge is 0.351 e. The van der Waals surface area contributed by atoms with Crippen molar-refractivity contribution in [3.05, 3.63) is 34.0 Å². The third-order valence-corrected chi connectivity index (χ3v) is 7.30. The maximum atomic E-state index is 12.3. The minimum Gasteiger partial charge on any atom is -0.351 e. The van der Waals surface area contributed by atoms with Gasteiger partial charge in [-0.1, -0.05) is 0 Å². The lowest BCUT2D eigenvalue weighted by molar-refractivity contribution is -0.131. The second-order valence-corrected chi connectivity index (χ2v) is 9.14. The predicted octanol–water partition coefficient (Wildman–Crippen LogP) is 3.53. The molecule has 0 aliphatic rings. The number of nitrogens with one attached hydrogen (secondary N) is 2. The Morgan fingerprint density at radius 3 is 2.46 bits per heavy atom. The number of rotatable bonds is 7. The molecule has 3 N–H and O–H groups in total. The van der Waals surface area contributed by atoms with Crippen LogP contribution in [0.5, 0.6) is 0 Å². The van der Waals surface area contributed by atoms with Crippen molar-refractivity contribution in [2.75, 3.05) is 12.8 Å². The Morgan fingerprint density at radius 1 is 1.21 bits per heavy atom.